The van der Waals surface area contributed by atoms with Crippen LogP contribution in [0.2, 0.25) is 0 Å². The normalized spacial score (nSPS) is 17.9. The molecule has 1 atom stereocenters. The second kappa shape index (κ2) is 13.3. The molecule has 2 fully saturated rings. The summed E-state index contributed by atoms with van der Waals surface area (Å²) in [6.07, 6.45) is 6.08. The van der Waals surface area contributed by atoms with Crippen LogP contribution in [0.25, 0.3) is 0 Å². The lowest BCUT2D eigenvalue weighted by molar-refractivity contribution is 0.251. The van der Waals surface area contributed by atoms with Crippen LogP contribution in [0.3, 0.4) is 0 Å². The van der Waals surface area contributed by atoms with Gasteiger partial charge in [0.25, 0.3) is 0 Å². The molecule has 0 bridgehead atoms. The molecule has 2 N–H and O–H groups in total. The zero-order chi connectivity index (χ0) is 21.3. The summed E-state index contributed by atoms with van der Waals surface area (Å²) in [5, 5.41) is 10.3. The fraction of sp³-hybridized carbons (Fsp3) is 0.583. The number of hydrogen-bond donors (Lipinski definition) is 2. The number of halogens is 1. The lowest BCUT2D eigenvalue weighted by Crippen LogP contribution is -2.39. The van der Waals surface area contributed by atoms with E-state index >= 15 is 0 Å². The van der Waals surface area contributed by atoms with Crippen LogP contribution in [-0.4, -0.2) is 61.7 Å². The van der Waals surface area contributed by atoms with Crippen LogP contribution >= 0.6 is 35.3 Å². The number of rotatable bonds is 9. The third-order valence-corrected chi connectivity index (χ3v) is 7.07. The fourth-order valence-corrected chi connectivity index (χ4v) is 5.37. The molecule has 1 aromatic heterocycles. The molecule has 1 unspecified atom stereocenters. The summed E-state index contributed by atoms with van der Waals surface area (Å²) < 4.78 is 0. The van der Waals surface area contributed by atoms with Crippen molar-refractivity contribution in [2.24, 2.45) is 4.99 Å². The standard InChI is InChI=1S/C24H36N6S.HI/c1-2-25-23(26-13-12-21-19-31-24(28-21)30-16-8-9-17-30)27-18-22(29-14-6-7-15-29)20-10-4-3-5-11-20;/h3-5,10-11,19,22H,2,6-9,12-18H2,1H3,(H2,25,26,27);1H. The second-order valence-electron chi connectivity index (χ2n) is 8.38. The van der Waals surface area contributed by atoms with Gasteiger partial charge in [-0.05, 0) is 51.3 Å². The summed E-state index contributed by atoms with van der Waals surface area (Å²) in [5.74, 6) is 0.901. The number of nitrogens with zero attached hydrogens (tertiary/aromatic N) is 4. The van der Waals surface area contributed by atoms with Gasteiger partial charge < -0.3 is 15.5 Å². The minimum absolute atomic E-state index is 0. The van der Waals surface area contributed by atoms with Gasteiger partial charge in [0.05, 0.1) is 18.3 Å². The van der Waals surface area contributed by atoms with E-state index in [4.69, 9.17) is 9.98 Å². The first-order chi connectivity index (χ1) is 15.3. The number of anilines is 1. The molecule has 8 heteroatoms. The van der Waals surface area contributed by atoms with Crippen LogP contribution in [0, 0.1) is 0 Å². The van der Waals surface area contributed by atoms with E-state index in [0.717, 1.165) is 45.1 Å². The molecule has 2 aliphatic heterocycles. The smallest absolute Gasteiger partial charge is 0.191 e. The predicted molar refractivity (Wildman–Crippen MR) is 147 cm³/mol. The molecule has 0 radical (unpaired) electrons. The number of benzene rings is 1. The van der Waals surface area contributed by atoms with E-state index < -0.39 is 0 Å². The molecule has 0 aliphatic carbocycles. The van der Waals surface area contributed by atoms with Crippen LogP contribution in [0.4, 0.5) is 5.13 Å². The second-order valence-corrected chi connectivity index (χ2v) is 9.22. The van der Waals surface area contributed by atoms with Crippen LogP contribution in [0.15, 0.2) is 40.7 Å². The molecule has 32 heavy (non-hydrogen) atoms. The molecular formula is C24H37IN6S. The van der Waals surface area contributed by atoms with Gasteiger partial charge in [-0.25, -0.2) is 4.98 Å². The third-order valence-electron chi connectivity index (χ3n) is 6.12. The van der Waals surface area contributed by atoms with E-state index in [0.29, 0.717) is 6.04 Å². The van der Waals surface area contributed by atoms with Crippen LogP contribution in [0.5, 0.6) is 0 Å². The van der Waals surface area contributed by atoms with E-state index in [2.05, 4.69) is 63.1 Å². The van der Waals surface area contributed by atoms with Crippen LogP contribution in [0.1, 0.15) is 49.9 Å². The van der Waals surface area contributed by atoms with E-state index in [1.807, 2.05) is 0 Å². The van der Waals surface area contributed by atoms with Crippen molar-refractivity contribution in [3.63, 3.8) is 0 Å². The van der Waals surface area contributed by atoms with Gasteiger partial charge in [-0.1, -0.05) is 30.3 Å². The van der Waals surface area contributed by atoms with Crippen molar-refractivity contribution in [2.45, 2.75) is 45.1 Å². The van der Waals surface area contributed by atoms with Gasteiger partial charge in [0.1, 0.15) is 0 Å². The highest BCUT2D eigenvalue weighted by Crippen LogP contribution is 2.26. The van der Waals surface area contributed by atoms with Crippen LogP contribution in [-0.2, 0) is 6.42 Å². The Hall–Kier alpha value is -1.39. The minimum Gasteiger partial charge on any atom is -0.357 e. The average Bonchev–Trinajstić information content (AvgIpc) is 3.57. The summed E-state index contributed by atoms with van der Waals surface area (Å²) in [7, 11) is 0. The Balaban J connectivity index is 0.00000289. The summed E-state index contributed by atoms with van der Waals surface area (Å²) in [6, 6.07) is 11.2. The van der Waals surface area contributed by atoms with Crippen molar-refractivity contribution in [2.75, 3.05) is 50.7 Å². The Morgan fingerprint density at radius 2 is 1.78 bits per heavy atom. The van der Waals surface area contributed by atoms with E-state index in [1.54, 1.807) is 11.3 Å². The molecular weight excluding hydrogens is 531 g/mol. The molecule has 2 saturated heterocycles. The summed E-state index contributed by atoms with van der Waals surface area (Å²) in [5.41, 5.74) is 2.54. The van der Waals surface area contributed by atoms with Gasteiger partial charge >= 0.3 is 0 Å². The monoisotopic (exact) mass is 568 g/mol. The van der Waals surface area contributed by atoms with Crippen molar-refractivity contribution >= 4 is 46.4 Å². The number of guanidine groups is 1. The zero-order valence-electron chi connectivity index (χ0n) is 19.1. The lowest BCUT2D eigenvalue weighted by Gasteiger charge is -2.27. The summed E-state index contributed by atoms with van der Waals surface area (Å²) in [6.45, 7) is 9.24. The molecule has 0 saturated carbocycles. The van der Waals surface area contributed by atoms with Gasteiger partial charge in [-0.15, -0.1) is 35.3 Å². The van der Waals surface area contributed by atoms with E-state index in [9.17, 15) is 0 Å². The molecule has 6 nitrogen and oxygen atoms in total. The van der Waals surface area contributed by atoms with Crippen molar-refractivity contribution < 1.29 is 0 Å². The number of nitrogens with one attached hydrogen (secondary N) is 2. The number of aliphatic imine (C=N–C) groups is 1. The Morgan fingerprint density at radius 1 is 1.06 bits per heavy atom. The maximum absolute atomic E-state index is 4.96. The average molecular weight is 569 g/mol. The van der Waals surface area contributed by atoms with Gasteiger partial charge in [0.2, 0.25) is 0 Å². The van der Waals surface area contributed by atoms with Crippen molar-refractivity contribution in [1.29, 1.82) is 0 Å². The first kappa shape index (κ1) is 25.2. The molecule has 2 aliphatic rings. The summed E-state index contributed by atoms with van der Waals surface area (Å²) >= 11 is 1.78. The van der Waals surface area contributed by atoms with Crippen molar-refractivity contribution in [1.82, 2.24) is 20.5 Å². The minimum atomic E-state index is 0. The third kappa shape index (κ3) is 7.05. The Kier molecular flexibility index (Phi) is 10.5. The van der Waals surface area contributed by atoms with Gasteiger partial charge in [-0.3, -0.25) is 9.89 Å². The number of aromatic nitrogens is 1. The van der Waals surface area contributed by atoms with E-state index in [-0.39, 0.29) is 24.0 Å². The van der Waals surface area contributed by atoms with Gasteiger partial charge in [0, 0.05) is 38.0 Å². The summed E-state index contributed by atoms with van der Waals surface area (Å²) in [4.78, 5) is 14.8. The van der Waals surface area contributed by atoms with Crippen molar-refractivity contribution in [3.8, 4) is 0 Å². The number of hydrogen-bond acceptors (Lipinski definition) is 5. The van der Waals surface area contributed by atoms with Crippen molar-refractivity contribution in [3.05, 3.63) is 47.0 Å². The van der Waals surface area contributed by atoms with Gasteiger partial charge in [0.15, 0.2) is 11.1 Å². The maximum Gasteiger partial charge on any atom is 0.191 e. The fourth-order valence-electron chi connectivity index (χ4n) is 4.45. The molecule has 3 heterocycles. The molecule has 2 aromatic rings. The largest absolute Gasteiger partial charge is 0.357 e. The maximum atomic E-state index is 4.96. The SMILES string of the molecule is CCNC(=NCC(c1ccccc1)N1CCCC1)NCCc1csc(N2CCCC2)n1.I. The van der Waals surface area contributed by atoms with E-state index in [1.165, 1.54) is 55.2 Å². The molecule has 1 aromatic carbocycles. The predicted octanol–water partition coefficient (Wildman–Crippen LogP) is 4.30. The number of likely N-dealkylation sites (tertiary alicyclic amines) is 1. The highest BCUT2D eigenvalue weighted by Gasteiger charge is 2.23. The number of thiazole rings is 1. The lowest BCUT2D eigenvalue weighted by atomic mass is 10.1. The zero-order valence-corrected chi connectivity index (χ0v) is 22.3. The highest BCUT2D eigenvalue weighted by atomic mass is 127. The van der Waals surface area contributed by atoms with Crippen LogP contribution < -0.4 is 15.5 Å². The highest BCUT2D eigenvalue weighted by molar-refractivity contribution is 14.0. The molecule has 0 spiro atoms. The van der Waals surface area contributed by atoms with Gasteiger partial charge in [-0.2, -0.15) is 0 Å². The Morgan fingerprint density at radius 3 is 2.50 bits per heavy atom. The molecule has 176 valence electrons. The topological polar surface area (TPSA) is 55.8 Å². The molecule has 4 rings (SSSR count). The quantitative estimate of drug-likeness (QED) is 0.269. The Labute approximate surface area is 213 Å². The molecule has 0 amide bonds. The first-order valence-electron chi connectivity index (χ1n) is 11.8. The Bertz CT molecular complexity index is 815. The first-order valence-corrected chi connectivity index (χ1v) is 12.7.